The minimum atomic E-state index is -1.10. The molecule has 14 heavy (non-hydrogen) atoms. The van der Waals surface area contributed by atoms with Crippen LogP contribution < -0.4 is 11.0 Å². The lowest BCUT2D eigenvalue weighted by molar-refractivity contribution is -0.123. The van der Waals surface area contributed by atoms with Gasteiger partial charge in [-0.05, 0) is 26.1 Å². The fourth-order valence-corrected chi connectivity index (χ4v) is 1.87. The van der Waals surface area contributed by atoms with Crippen molar-refractivity contribution in [2.24, 2.45) is 11.7 Å². The Labute approximate surface area is 83.2 Å². The van der Waals surface area contributed by atoms with Gasteiger partial charge in [-0.1, -0.05) is 0 Å². The molecule has 0 aromatic carbocycles. The quantitative estimate of drug-likeness (QED) is 0.549. The van der Waals surface area contributed by atoms with Gasteiger partial charge in [0.05, 0.1) is 0 Å². The van der Waals surface area contributed by atoms with Crippen molar-refractivity contribution in [2.75, 3.05) is 0 Å². The number of amides is 1. The Kier molecular flexibility index (Phi) is 3.89. The Morgan fingerprint density at radius 2 is 2.29 bits per heavy atom. The molecule has 3 atom stereocenters. The van der Waals surface area contributed by atoms with Gasteiger partial charge in [-0.15, -0.1) is 0 Å². The van der Waals surface area contributed by atoms with Gasteiger partial charge in [0.25, 0.3) is 0 Å². The van der Waals surface area contributed by atoms with E-state index in [1.807, 2.05) is 0 Å². The Bertz CT molecular complexity index is 216. The van der Waals surface area contributed by atoms with E-state index in [4.69, 9.17) is 10.8 Å². The predicted molar refractivity (Wildman–Crippen MR) is 52.2 cm³/mol. The average molecular weight is 202 g/mol. The van der Waals surface area contributed by atoms with Gasteiger partial charge in [-0.25, -0.2) is 4.39 Å². The molecular weight excluding hydrogens is 186 g/mol. The van der Waals surface area contributed by atoms with Gasteiger partial charge in [-0.3, -0.25) is 4.79 Å². The topological polar surface area (TPSA) is 75.3 Å². The fraction of sp³-hybridized carbons (Fsp3) is 0.875. The van der Waals surface area contributed by atoms with Crippen LogP contribution in [0.4, 0.5) is 4.39 Å². The van der Waals surface area contributed by atoms with Gasteiger partial charge in [0, 0.05) is 12.0 Å². The molecule has 80 valence electrons. The highest BCUT2D eigenvalue weighted by molar-refractivity contribution is 6.45. The first-order chi connectivity index (χ1) is 6.50. The molecule has 4 nitrogen and oxygen atoms in total. The molecule has 1 aliphatic carbocycles. The minimum absolute atomic E-state index is 0.166. The molecule has 4 N–H and O–H groups in total. The Morgan fingerprint density at radius 1 is 1.64 bits per heavy atom. The van der Waals surface area contributed by atoms with Crippen molar-refractivity contribution in [1.29, 1.82) is 0 Å². The molecule has 1 fully saturated rings. The van der Waals surface area contributed by atoms with Crippen LogP contribution in [0.2, 0.25) is 6.82 Å². The van der Waals surface area contributed by atoms with Gasteiger partial charge in [0.1, 0.15) is 6.17 Å². The molecule has 1 amide bonds. The van der Waals surface area contributed by atoms with Crippen molar-refractivity contribution in [3.8, 4) is 0 Å². The predicted octanol–water partition coefficient (Wildman–Crippen LogP) is -0.322. The molecule has 0 aromatic rings. The molecule has 0 aromatic heterocycles. The zero-order chi connectivity index (χ0) is 10.7. The number of hydrogen-bond acceptors (Lipinski definition) is 3. The highest BCUT2D eigenvalue weighted by Crippen LogP contribution is 2.26. The van der Waals surface area contributed by atoms with E-state index in [0.717, 1.165) is 0 Å². The molecule has 0 heterocycles. The second kappa shape index (κ2) is 4.75. The third-order valence-corrected chi connectivity index (χ3v) is 2.63. The van der Waals surface area contributed by atoms with Crippen molar-refractivity contribution < 1.29 is 14.2 Å². The van der Waals surface area contributed by atoms with Crippen LogP contribution in [-0.4, -0.2) is 30.2 Å². The van der Waals surface area contributed by atoms with Crippen LogP contribution in [0.3, 0.4) is 0 Å². The van der Waals surface area contributed by atoms with Crippen molar-refractivity contribution >= 4 is 13.0 Å². The monoisotopic (exact) mass is 202 g/mol. The molecule has 0 bridgehead atoms. The summed E-state index contributed by atoms with van der Waals surface area (Å²) < 4.78 is 13.4. The number of primary amides is 1. The van der Waals surface area contributed by atoms with E-state index in [-0.39, 0.29) is 18.4 Å². The van der Waals surface area contributed by atoms with Crippen LogP contribution in [-0.2, 0) is 4.79 Å². The molecular formula is C8H16BFN2O2. The molecule has 0 unspecified atom stereocenters. The summed E-state index contributed by atoms with van der Waals surface area (Å²) in [5, 5.41) is 11.7. The van der Waals surface area contributed by atoms with Crippen LogP contribution in [0.25, 0.3) is 0 Å². The van der Waals surface area contributed by atoms with Gasteiger partial charge in [0.2, 0.25) is 5.91 Å². The lowest BCUT2D eigenvalue weighted by Gasteiger charge is -2.31. The molecule has 1 saturated carbocycles. The van der Waals surface area contributed by atoms with Crippen LogP contribution in [0.1, 0.15) is 19.3 Å². The Balaban J connectivity index is 2.43. The van der Waals surface area contributed by atoms with Crippen molar-refractivity contribution in [3.63, 3.8) is 0 Å². The molecule has 0 saturated heterocycles. The highest BCUT2D eigenvalue weighted by atomic mass is 19.1. The first-order valence-electron chi connectivity index (χ1n) is 4.88. The Hall–Kier alpha value is -0.615. The van der Waals surface area contributed by atoms with Crippen LogP contribution in [0.5, 0.6) is 0 Å². The number of alkyl halides is 1. The fourth-order valence-electron chi connectivity index (χ4n) is 1.87. The molecule has 1 aliphatic rings. The number of nitrogens with one attached hydrogen (secondary N) is 1. The summed E-state index contributed by atoms with van der Waals surface area (Å²) in [4.78, 5) is 10.8. The average Bonchev–Trinajstić information content (AvgIpc) is 2.07. The molecule has 1 rings (SSSR count). The van der Waals surface area contributed by atoms with E-state index < -0.39 is 19.1 Å². The zero-order valence-electron chi connectivity index (χ0n) is 8.24. The second-order valence-electron chi connectivity index (χ2n) is 3.88. The molecule has 6 heteroatoms. The van der Waals surface area contributed by atoms with Crippen molar-refractivity contribution in [2.45, 2.75) is 38.3 Å². The number of nitrogens with two attached hydrogens (primary N) is 1. The number of halogens is 1. The summed E-state index contributed by atoms with van der Waals surface area (Å²) >= 11 is 0. The number of carbonyl (C=O) groups is 1. The largest absolute Gasteiger partial charge is 0.437 e. The van der Waals surface area contributed by atoms with Gasteiger partial charge in [0.15, 0.2) is 0 Å². The summed E-state index contributed by atoms with van der Waals surface area (Å²) in [6.07, 6.45) is 0.204. The van der Waals surface area contributed by atoms with Gasteiger partial charge in [-0.2, -0.15) is 0 Å². The maximum Gasteiger partial charge on any atom is 0.373 e. The minimum Gasteiger partial charge on any atom is -0.437 e. The molecule has 0 aliphatic heterocycles. The maximum atomic E-state index is 13.4. The van der Waals surface area contributed by atoms with E-state index in [1.165, 1.54) is 0 Å². The maximum absolute atomic E-state index is 13.4. The van der Waals surface area contributed by atoms with E-state index in [1.54, 1.807) is 6.82 Å². The van der Waals surface area contributed by atoms with Crippen LogP contribution >= 0.6 is 0 Å². The van der Waals surface area contributed by atoms with E-state index in [9.17, 15) is 9.18 Å². The van der Waals surface area contributed by atoms with E-state index in [0.29, 0.717) is 12.8 Å². The highest BCUT2D eigenvalue weighted by Gasteiger charge is 2.33. The second-order valence-corrected chi connectivity index (χ2v) is 3.88. The van der Waals surface area contributed by atoms with Gasteiger partial charge >= 0.3 is 7.05 Å². The van der Waals surface area contributed by atoms with Gasteiger partial charge < -0.3 is 16.0 Å². The lowest BCUT2D eigenvalue weighted by Crippen LogP contribution is -2.49. The van der Waals surface area contributed by atoms with E-state index >= 15 is 0 Å². The number of carbonyl (C=O) groups excluding carboxylic acids is 1. The zero-order valence-corrected chi connectivity index (χ0v) is 8.24. The molecule has 0 radical (unpaired) electrons. The summed E-state index contributed by atoms with van der Waals surface area (Å²) in [5.74, 6) is -0.778. The molecule has 0 spiro atoms. The smallest absolute Gasteiger partial charge is 0.373 e. The summed E-state index contributed by atoms with van der Waals surface area (Å²) in [6, 6.07) is -0.356. The third-order valence-electron chi connectivity index (χ3n) is 2.63. The SMILES string of the molecule is CB(O)N[C@@H]1CC[C@@H](C(N)=O)C[C@@H]1F. The van der Waals surface area contributed by atoms with Crippen molar-refractivity contribution in [1.82, 2.24) is 5.23 Å². The third kappa shape index (κ3) is 2.95. The number of rotatable bonds is 3. The van der Waals surface area contributed by atoms with E-state index in [2.05, 4.69) is 5.23 Å². The lowest BCUT2D eigenvalue weighted by atomic mass is 9.79. The van der Waals surface area contributed by atoms with Crippen LogP contribution in [0.15, 0.2) is 0 Å². The Morgan fingerprint density at radius 3 is 2.71 bits per heavy atom. The first-order valence-corrected chi connectivity index (χ1v) is 4.88. The summed E-state index contributed by atoms with van der Waals surface area (Å²) in [7, 11) is -0.719. The van der Waals surface area contributed by atoms with Crippen molar-refractivity contribution in [3.05, 3.63) is 0 Å². The first kappa shape index (κ1) is 11.5. The summed E-state index contributed by atoms with van der Waals surface area (Å²) in [6.45, 7) is 1.55. The normalized spacial score (nSPS) is 32.6. The van der Waals surface area contributed by atoms with Crippen LogP contribution in [0, 0.1) is 5.92 Å². The standard InChI is InChI=1S/C8H16BFN2O2/c1-9(14)12-7-3-2-5(8(11)13)4-6(7)10/h5-7,12,14H,2-4H2,1H3,(H2,11,13)/t5-,6+,7-/m1/s1. The summed E-state index contributed by atoms with van der Waals surface area (Å²) in [5.41, 5.74) is 5.10. The number of hydrogen-bond donors (Lipinski definition) is 3.